The molecule has 6 heteroatoms. The van der Waals surface area contributed by atoms with Crippen LogP contribution in [0.4, 0.5) is 0 Å². The highest BCUT2D eigenvalue weighted by Gasteiger charge is 2.79. The monoisotopic (exact) mass is 249 g/mol. The topological polar surface area (TPSA) is 20.3 Å². The van der Waals surface area contributed by atoms with Crippen LogP contribution in [0.1, 0.15) is 0 Å². The van der Waals surface area contributed by atoms with E-state index < -0.39 is 14.6 Å². The van der Waals surface area contributed by atoms with Crippen LogP contribution in [-0.4, -0.2) is 33.6 Å². The van der Waals surface area contributed by atoms with Gasteiger partial charge in [0, 0.05) is 14.1 Å². The lowest BCUT2D eigenvalue weighted by Crippen LogP contribution is -2.26. The molecule has 1 fully saturated rings. The fourth-order valence-corrected chi connectivity index (χ4v) is 2.38. The largest absolute Gasteiger partial charge is 0.348 e. The van der Waals surface area contributed by atoms with Crippen molar-refractivity contribution in [3.05, 3.63) is 0 Å². The standard InChI is InChI=1S/C6H7Cl4NO/c1-11(2)4(12)3-5(7,8)6(3,9)10/h3H,1-2H3. The molecule has 70 valence electrons. The van der Waals surface area contributed by atoms with Crippen LogP contribution in [0.15, 0.2) is 0 Å². The van der Waals surface area contributed by atoms with E-state index in [-0.39, 0.29) is 5.91 Å². The molecular weight excluding hydrogens is 244 g/mol. The normalized spacial score (nSPS) is 25.2. The lowest BCUT2D eigenvalue weighted by Gasteiger charge is -2.09. The van der Waals surface area contributed by atoms with E-state index in [0.717, 1.165) is 0 Å². The molecule has 0 spiro atoms. The van der Waals surface area contributed by atoms with Crippen molar-refractivity contribution in [2.75, 3.05) is 14.1 Å². The molecule has 1 aliphatic carbocycles. The summed E-state index contributed by atoms with van der Waals surface area (Å²) in [6.45, 7) is 0. The van der Waals surface area contributed by atoms with Gasteiger partial charge in [0.05, 0.1) is 0 Å². The van der Waals surface area contributed by atoms with Crippen molar-refractivity contribution in [3.63, 3.8) is 0 Å². The van der Waals surface area contributed by atoms with Gasteiger partial charge in [-0.2, -0.15) is 0 Å². The summed E-state index contributed by atoms with van der Waals surface area (Å²) in [4.78, 5) is 12.7. The highest BCUT2D eigenvalue weighted by atomic mass is 35.5. The highest BCUT2D eigenvalue weighted by molar-refractivity contribution is 6.69. The van der Waals surface area contributed by atoms with Crippen molar-refractivity contribution in [2.24, 2.45) is 5.92 Å². The van der Waals surface area contributed by atoms with Crippen LogP contribution < -0.4 is 0 Å². The molecule has 0 bridgehead atoms. The summed E-state index contributed by atoms with van der Waals surface area (Å²) in [6.07, 6.45) is 0. The average molecular weight is 251 g/mol. The molecule has 0 aromatic rings. The molecule has 2 nitrogen and oxygen atoms in total. The second-order valence-electron chi connectivity index (χ2n) is 2.91. The molecular formula is C6H7Cl4NO. The van der Waals surface area contributed by atoms with Crippen molar-refractivity contribution >= 4 is 52.3 Å². The number of alkyl halides is 4. The van der Waals surface area contributed by atoms with Gasteiger partial charge in [0.1, 0.15) is 5.92 Å². The van der Waals surface area contributed by atoms with Crippen LogP contribution in [0.25, 0.3) is 0 Å². The minimum Gasteiger partial charge on any atom is -0.348 e. The van der Waals surface area contributed by atoms with Gasteiger partial charge in [0.25, 0.3) is 0 Å². The second-order valence-corrected chi connectivity index (χ2v) is 5.68. The third-order valence-corrected chi connectivity index (χ3v) is 4.23. The third kappa shape index (κ3) is 1.29. The molecule has 0 aromatic heterocycles. The molecule has 12 heavy (non-hydrogen) atoms. The number of hydrogen-bond donors (Lipinski definition) is 0. The Morgan fingerprint density at radius 3 is 1.58 bits per heavy atom. The van der Waals surface area contributed by atoms with Crippen molar-refractivity contribution in [1.29, 1.82) is 0 Å². The molecule has 1 aliphatic rings. The maximum Gasteiger partial charge on any atom is 0.231 e. The first-order chi connectivity index (χ1) is 5.23. The van der Waals surface area contributed by atoms with Gasteiger partial charge in [0.15, 0.2) is 8.67 Å². The molecule has 1 saturated carbocycles. The highest BCUT2D eigenvalue weighted by Crippen LogP contribution is 2.69. The number of nitrogens with zero attached hydrogens (tertiary/aromatic N) is 1. The third-order valence-electron chi connectivity index (χ3n) is 1.77. The van der Waals surface area contributed by atoms with E-state index in [1.807, 2.05) is 0 Å². The van der Waals surface area contributed by atoms with Crippen LogP contribution in [0.5, 0.6) is 0 Å². The fourth-order valence-electron chi connectivity index (χ4n) is 0.911. The SMILES string of the molecule is CN(C)C(=O)C1C(Cl)(Cl)C1(Cl)Cl. The summed E-state index contributed by atoms with van der Waals surface area (Å²) in [5.74, 6) is -0.989. The number of rotatable bonds is 1. The Morgan fingerprint density at radius 1 is 1.17 bits per heavy atom. The van der Waals surface area contributed by atoms with Crippen molar-refractivity contribution in [2.45, 2.75) is 8.67 Å². The fraction of sp³-hybridized carbons (Fsp3) is 0.833. The first-order valence-electron chi connectivity index (χ1n) is 3.19. The second kappa shape index (κ2) is 2.81. The Morgan fingerprint density at radius 2 is 1.50 bits per heavy atom. The Labute approximate surface area is 90.7 Å². The molecule has 0 radical (unpaired) electrons. The van der Waals surface area contributed by atoms with Gasteiger partial charge in [-0.3, -0.25) is 4.79 Å². The van der Waals surface area contributed by atoms with Gasteiger partial charge in [0.2, 0.25) is 5.91 Å². The predicted molar refractivity (Wildman–Crippen MR) is 51.1 cm³/mol. The molecule has 0 unspecified atom stereocenters. The zero-order valence-electron chi connectivity index (χ0n) is 6.44. The van der Waals surface area contributed by atoms with Gasteiger partial charge < -0.3 is 4.90 Å². The Kier molecular flexibility index (Phi) is 2.51. The van der Waals surface area contributed by atoms with Gasteiger partial charge in [-0.25, -0.2) is 0 Å². The first kappa shape index (κ1) is 10.7. The quantitative estimate of drug-likeness (QED) is 0.653. The zero-order valence-corrected chi connectivity index (χ0v) is 9.47. The van der Waals surface area contributed by atoms with E-state index in [9.17, 15) is 4.79 Å². The lowest BCUT2D eigenvalue weighted by atomic mass is 10.4. The minimum atomic E-state index is -1.35. The van der Waals surface area contributed by atoms with E-state index >= 15 is 0 Å². The number of halogens is 4. The van der Waals surface area contributed by atoms with Crippen LogP contribution in [0.2, 0.25) is 0 Å². The van der Waals surface area contributed by atoms with Gasteiger partial charge in [-0.05, 0) is 0 Å². The molecule has 1 amide bonds. The Bertz CT molecular complexity index is 212. The van der Waals surface area contributed by atoms with Crippen LogP contribution in [0.3, 0.4) is 0 Å². The number of hydrogen-bond acceptors (Lipinski definition) is 1. The lowest BCUT2D eigenvalue weighted by molar-refractivity contribution is -0.130. The van der Waals surface area contributed by atoms with Crippen LogP contribution in [-0.2, 0) is 4.79 Å². The van der Waals surface area contributed by atoms with Crippen molar-refractivity contribution < 1.29 is 4.79 Å². The van der Waals surface area contributed by atoms with Gasteiger partial charge in [-0.1, -0.05) is 46.4 Å². The van der Waals surface area contributed by atoms with Crippen molar-refractivity contribution in [1.82, 2.24) is 4.90 Å². The number of amides is 1. The van der Waals surface area contributed by atoms with E-state index in [2.05, 4.69) is 0 Å². The van der Waals surface area contributed by atoms with Crippen LogP contribution >= 0.6 is 46.4 Å². The minimum absolute atomic E-state index is 0.259. The predicted octanol–water partition coefficient (Wildman–Crippen LogP) is 2.05. The van der Waals surface area contributed by atoms with Crippen LogP contribution in [0, 0.1) is 5.92 Å². The molecule has 1 rings (SSSR count). The maximum atomic E-state index is 11.3. The average Bonchev–Trinajstić information content (AvgIpc) is 2.23. The summed E-state index contributed by atoms with van der Waals surface area (Å²) in [7, 11) is 3.18. The van der Waals surface area contributed by atoms with E-state index in [4.69, 9.17) is 46.4 Å². The molecule has 0 N–H and O–H groups in total. The Balaban J connectivity index is 2.78. The smallest absolute Gasteiger partial charge is 0.231 e. The zero-order chi connectivity index (χ0) is 9.73. The summed E-state index contributed by atoms with van der Waals surface area (Å²) >= 11 is 22.8. The summed E-state index contributed by atoms with van der Waals surface area (Å²) < 4.78 is -2.70. The Hall–Kier alpha value is 0.630. The number of carbonyl (C=O) groups is 1. The van der Waals surface area contributed by atoms with E-state index in [0.29, 0.717) is 0 Å². The molecule has 0 saturated heterocycles. The van der Waals surface area contributed by atoms with E-state index in [1.54, 1.807) is 14.1 Å². The van der Waals surface area contributed by atoms with Gasteiger partial charge in [-0.15, -0.1) is 0 Å². The molecule has 0 heterocycles. The van der Waals surface area contributed by atoms with E-state index in [1.165, 1.54) is 4.90 Å². The maximum absolute atomic E-state index is 11.3. The molecule has 0 aliphatic heterocycles. The summed E-state index contributed by atoms with van der Waals surface area (Å²) in [5.41, 5.74) is 0. The summed E-state index contributed by atoms with van der Waals surface area (Å²) in [6, 6.07) is 0. The summed E-state index contributed by atoms with van der Waals surface area (Å²) in [5, 5.41) is 0. The number of carbonyl (C=O) groups excluding carboxylic acids is 1. The van der Waals surface area contributed by atoms with Crippen molar-refractivity contribution in [3.8, 4) is 0 Å². The first-order valence-corrected chi connectivity index (χ1v) is 4.71. The van der Waals surface area contributed by atoms with Gasteiger partial charge >= 0.3 is 0 Å². The molecule has 0 atom stereocenters. The molecule has 0 aromatic carbocycles.